The molecule has 7 aromatic rings. The summed E-state index contributed by atoms with van der Waals surface area (Å²) in [7, 11) is 0. The van der Waals surface area contributed by atoms with Crippen LogP contribution in [0.3, 0.4) is 0 Å². The fourth-order valence-electron chi connectivity index (χ4n) is 5.42. The Kier molecular flexibility index (Phi) is 11.3. The van der Waals surface area contributed by atoms with Crippen LogP contribution in [0, 0.1) is 6.07 Å². The molecule has 8 rings (SSSR count). The van der Waals surface area contributed by atoms with Crippen molar-refractivity contribution in [2.75, 3.05) is 0 Å². The summed E-state index contributed by atoms with van der Waals surface area (Å²) in [5.41, 5.74) is 8.38. The molecule has 0 N–H and O–H groups in total. The predicted molar refractivity (Wildman–Crippen MR) is 167 cm³/mol. The van der Waals surface area contributed by atoms with Crippen LogP contribution in [0.2, 0.25) is 0 Å². The normalized spacial score (nSPS) is 10.5. The van der Waals surface area contributed by atoms with Crippen molar-refractivity contribution in [1.82, 2.24) is 0 Å². The first-order chi connectivity index (χ1) is 19.8. The average molecular weight is 746 g/mol. The van der Waals surface area contributed by atoms with Gasteiger partial charge in [0.05, 0.1) is 0 Å². The maximum Gasteiger partial charge on any atom is -0.0240 e. The minimum Gasteiger partial charge on any atom is -0.214 e. The third-order valence-electron chi connectivity index (χ3n) is 7.28. The van der Waals surface area contributed by atoms with Gasteiger partial charge < -0.3 is 24.8 Å². The number of halogens is 2. The first-order valence-electron chi connectivity index (χ1n) is 13.6. The molecule has 204 valence electrons. The van der Waals surface area contributed by atoms with E-state index < -0.39 is 0 Å². The zero-order valence-corrected chi connectivity index (χ0v) is 28.1. The summed E-state index contributed by atoms with van der Waals surface area (Å²) in [5, 5.41) is 5.30. The fraction of sp³-hybridized carbons (Fsp3) is 0.0256. The smallest absolute Gasteiger partial charge is 0.0240 e. The van der Waals surface area contributed by atoms with E-state index in [2.05, 4.69) is 127 Å². The number of benzene rings is 6. The van der Waals surface area contributed by atoms with E-state index >= 15 is 0 Å². The molecule has 0 amide bonds. The topological polar surface area (TPSA) is 0 Å². The van der Waals surface area contributed by atoms with E-state index in [9.17, 15) is 0 Å². The van der Waals surface area contributed by atoms with Crippen molar-refractivity contribution in [2.24, 2.45) is 0 Å². The van der Waals surface area contributed by atoms with E-state index in [0.29, 0.717) is 0 Å². The van der Waals surface area contributed by atoms with Crippen molar-refractivity contribution in [3.05, 3.63) is 186 Å². The van der Waals surface area contributed by atoms with Crippen LogP contribution >= 0.6 is 0 Å². The van der Waals surface area contributed by atoms with Crippen LogP contribution < -0.4 is 24.8 Å². The molecule has 0 bridgehead atoms. The summed E-state index contributed by atoms with van der Waals surface area (Å²) in [6, 6.07) is 58.5. The third kappa shape index (κ3) is 6.76. The molecule has 0 aromatic heterocycles. The second-order valence-electron chi connectivity index (χ2n) is 9.76. The van der Waals surface area contributed by atoms with Gasteiger partial charge in [0.15, 0.2) is 0 Å². The van der Waals surface area contributed by atoms with Gasteiger partial charge in [0, 0.05) is 0 Å². The van der Waals surface area contributed by atoms with Crippen molar-refractivity contribution in [3.63, 3.8) is 0 Å². The molecular weight excluding hydrogens is 718 g/mol. The molecule has 0 aliphatic heterocycles. The second kappa shape index (κ2) is 15.1. The minimum atomic E-state index is 0. The van der Waals surface area contributed by atoms with E-state index in [1.165, 1.54) is 58.2 Å². The molecule has 0 nitrogen and oxygen atoms in total. The Morgan fingerprint density at radius 1 is 0.571 bits per heavy atom. The van der Waals surface area contributed by atoms with E-state index in [4.69, 9.17) is 0 Å². The molecule has 0 fully saturated rings. The Balaban J connectivity index is 0.000000168. The van der Waals surface area contributed by atoms with Crippen molar-refractivity contribution in [2.45, 2.75) is 6.42 Å². The maximum absolute atomic E-state index is 3.48. The van der Waals surface area contributed by atoms with Gasteiger partial charge in [-0.05, 0) is 28.5 Å². The first kappa shape index (κ1) is 31.4. The van der Waals surface area contributed by atoms with Crippen molar-refractivity contribution in [3.8, 4) is 11.1 Å². The van der Waals surface area contributed by atoms with E-state index in [0.717, 1.165) is 30.3 Å². The molecule has 0 radical (unpaired) electrons. The molecule has 1 aliphatic rings. The fourth-order valence-corrected chi connectivity index (χ4v) is 6.62. The Labute approximate surface area is 275 Å². The van der Waals surface area contributed by atoms with Crippen molar-refractivity contribution >= 4 is 24.8 Å². The van der Waals surface area contributed by atoms with E-state index in [-0.39, 0.29) is 24.8 Å². The zero-order chi connectivity index (χ0) is 27.1. The Morgan fingerprint density at radius 3 is 1.74 bits per heavy atom. The van der Waals surface area contributed by atoms with Crippen LogP contribution in [0.15, 0.2) is 158 Å². The second-order valence-corrected chi connectivity index (χ2v) is 11.6. The van der Waals surface area contributed by atoms with Crippen molar-refractivity contribution in [1.29, 1.82) is 0 Å². The summed E-state index contributed by atoms with van der Waals surface area (Å²) in [5.74, 6) is 0. The molecule has 0 atom stereocenters. The van der Waals surface area contributed by atoms with Gasteiger partial charge >= 0.3 is 98.9 Å². The Hall–Kier alpha value is -3.49. The number of rotatable bonds is 2. The van der Waals surface area contributed by atoms with E-state index in [1.54, 1.807) is 0 Å². The number of hydrogen-bond donors (Lipinski definition) is 0. The molecule has 3 heteroatoms. The van der Waals surface area contributed by atoms with Crippen LogP contribution in [0.1, 0.15) is 22.3 Å². The van der Waals surface area contributed by atoms with Gasteiger partial charge in [-0.3, -0.25) is 0 Å². The van der Waals surface area contributed by atoms with Crippen LogP contribution in [0.25, 0.3) is 32.7 Å². The Morgan fingerprint density at radius 2 is 1.12 bits per heavy atom. The van der Waals surface area contributed by atoms with Crippen LogP contribution in [-0.2, 0) is 30.3 Å². The average Bonchev–Trinajstić information content (AvgIpc) is 3.75. The number of fused-ring (bicyclic) bond motifs is 8. The number of hydrogen-bond acceptors (Lipinski definition) is 0. The summed E-state index contributed by atoms with van der Waals surface area (Å²) in [4.78, 5) is 0. The van der Waals surface area contributed by atoms with Crippen molar-refractivity contribution < 1.29 is 48.7 Å². The SMILES string of the molecule is [Cl-].[Cl-].[Hf+2]=[C](c1ccccc1)c1ccccc1.[c-]1cccc2c1c1c(c3ccccc32)-c2ccccc2C1.c1cc[cH-]c1. The monoisotopic (exact) mass is 746 g/mol. The summed E-state index contributed by atoms with van der Waals surface area (Å²) in [6.07, 6.45) is 1.02. The molecule has 0 heterocycles. The molecule has 0 unspecified atom stereocenters. The van der Waals surface area contributed by atoms with Crippen LogP contribution in [-0.4, -0.2) is 3.26 Å². The molecule has 42 heavy (non-hydrogen) atoms. The quantitative estimate of drug-likeness (QED) is 0.144. The molecular formula is C39H28Cl2Hf-2. The third-order valence-corrected chi connectivity index (χ3v) is 9.35. The van der Waals surface area contributed by atoms with Gasteiger partial charge in [-0.15, -0.1) is 40.6 Å². The molecule has 0 saturated heterocycles. The predicted octanol–water partition coefficient (Wildman–Crippen LogP) is 3.58. The van der Waals surface area contributed by atoms with Gasteiger partial charge in [-0.2, -0.15) is 18.2 Å². The molecule has 1 aliphatic carbocycles. The van der Waals surface area contributed by atoms with Gasteiger partial charge in [0.2, 0.25) is 0 Å². The van der Waals surface area contributed by atoms with Gasteiger partial charge in [0.1, 0.15) is 0 Å². The molecule has 0 spiro atoms. The molecule has 0 saturated carbocycles. The van der Waals surface area contributed by atoms with Crippen LogP contribution in [0.4, 0.5) is 0 Å². The van der Waals surface area contributed by atoms with Gasteiger partial charge in [0.25, 0.3) is 0 Å². The first-order valence-corrected chi connectivity index (χ1v) is 15.4. The summed E-state index contributed by atoms with van der Waals surface area (Å²) < 4.78 is 1.46. The zero-order valence-electron chi connectivity index (χ0n) is 23.0. The summed E-state index contributed by atoms with van der Waals surface area (Å²) >= 11 is 1.08. The largest absolute Gasteiger partial charge is 0.214 e. The van der Waals surface area contributed by atoms with Gasteiger partial charge in [-0.25, -0.2) is 12.1 Å². The summed E-state index contributed by atoms with van der Waals surface area (Å²) in [6.45, 7) is 0. The molecule has 7 aromatic carbocycles. The van der Waals surface area contributed by atoms with E-state index in [1.807, 2.05) is 36.4 Å². The minimum absolute atomic E-state index is 0. The standard InChI is InChI=1S/C21H13.C13H10.C5H5.2ClH.Hf/c1-2-8-15-14(7-1)13-20-18-11-4-3-9-16(18)17-10-5-6-12-19(17)21(15)20;1-3-7-12(8-4-1)11-13-9-5-2-6-10-13;1-2-4-5-3-1;;;/h1-10,12H,13H2;1-10H;1-5H;2*1H;/q-1;;-1;;;+2/p-2. The maximum atomic E-state index is 3.48. The van der Waals surface area contributed by atoms with Gasteiger partial charge in [-0.1, -0.05) is 53.9 Å². The van der Waals surface area contributed by atoms with Crippen LogP contribution in [0.5, 0.6) is 0 Å². The Bertz CT molecular complexity index is 1820.